The van der Waals surface area contributed by atoms with Gasteiger partial charge in [-0.3, -0.25) is 14.4 Å². The Morgan fingerprint density at radius 3 is 2.76 bits per heavy atom. The third kappa shape index (κ3) is 3.49. The van der Waals surface area contributed by atoms with Crippen molar-refractivity contribution in [3.63, 3.8) is 0 Å². The minimum Gasteiger partial charge on any atom is -0.352 e. The highest BCUT2D eigenvalue weighted by Gasteiger charge is 2.38. The fraction of sp³-hybridized carbons (Fsp3) is 0.500. The molecule has 0 saturated carbocycles. The van der Waals surface area contributed by atoms with Crippen molar-refractivity contribution in [2.75, 3.05) is 6.54 Å². The van der Waals surface area contributed by atoms with Gasteiger partial charge in [0, 0.05) is 24.7 Å². The zero-order valence-corrected chi connectivity index (χ0v) is 12.1. The summed E-state index contributed by atoms with van der Waals surface area (Å²) in [5, 5.41) is 2.79. The topological polar surface area (TPSA) is 108 Å². The second kappa shape index (κ2) is 6.09. The second-order valence-electron chi connectivity index (χ2n) is 5.56. The first-order valence-corrected chi connectivity index (χ1v) is 6.94. The average molecular weight is 292 g/mol. The van der Waals surface area contributed by atoms with Crippen LogP contribution in [0.1, 0.15) is 30.8 Å². The molecule has 1 aliphatic heterocycles. The van der Waals surface area contributed by atoms with Crippen LogP contribution in [-0.4, -0.2) is 46.4 Å². The summed E-state index contributed by atoms with van der Waals surface area (Å²) in [6, 6.07) is 3.50. The van der Waals surface area contributed by atoms with Gasteiger partial charge in [0.25, 0.3) is 5.91 Å². The number of nitrogens with zero attached hydrogens (tertiary/aromatic N) is 1. The number of aromatic nitrogens is 1. The van der Waals surface area contributed by atoms with Crippen molar-refractivity contribution in [2.24, 2.45) is 5.73 Å². The number of rotatable bonds is 3. The highest BCUT2D eigenvalue weighted by atomic mass is 16.2. The van der Waals surface area contributed by atoms with E-state index in [9.17, 15) is 14.4 Å². The number of amides is 2. The zero-order chi connectivity index (χ0) is 15.6. The quantitative estimate of drug-likeness (QED) is 0.694. The van der Waals surface area contributed by atoms with Crippen LogP contribution >= 0.6 is 0 Å². The van der Waals surface area contributed by atoms with Gasteiger partial charge >= 0.3 is 0 Å². The van der Waals surface area contributed by atoms with Crippen molar-refractivity contribution >= 4 is 11.8 Å². The second-order valence-corrected chi connectivity index (χ2v) is 5.56. The summed E-state index contributed by atoms with van der Waals surface area (Å²) >= 11 is 0. The molecule has 4 N–H and O–H groups in total. The van der Waals surface area contributed by atoms with Crippen LogP contribution < -0.4 is 16.6 Å². The van der Waals surface area contributed by atoms with E-state index in [1.807, 2.05) is 13.8 Å². The van der Waals surface area contributed by atoms with Gasteiger partial charge in [-0.05, 0) is 26.3 Å². The van der Waals surface area contributed by atoms with Crippen LogP contribution in [0.2, 0.25) is 0 Å². The Hall–Kier alpha value is -2.15. The third-order valence-electron chi connectivity index (χ3n) is 3.33. The van der Waals surface area contributed by atoms with E-state index in [1.54, 1.807) is 0 Å². The lowest BCUT2D eigenvalue weighted by molar-refractivity contribution is -0.125. The number of aromatic amines is 1. The molecule has 2 heterocycles. The van der Waals surface area contributed by atoms with Gasteiger partial charge in [0.05, 0.1) is 0 Å². The first-order chi connectivity index (χ1) is 9.88. The molecule has 7 nitrogen and oxygen atoms in total. The smallest absolute Gasteiger partial charge is 0.271 e. The molecular weight excluding hydrogens is 272 g/mol. The fourth-order valence-corrected chi connectivity index (χ4v) is 2.45. The maximum atomic E-state index is 12.5. The zero-order valence-electron chi connectivity index (χ0n) is 12.1. The van der Waals surface area contributed by atoms with E-state index in [0.717, 1.165) is 0 Å². The SMILES string of the molecule is CC(C)NC(=O)[C@@H]1C[C@@H](N)CN1C(=O)c1cccc(=O)[nH]1. The first-order valence-electron chi connectivity index (χ1n) is 6.94. The molecular formula is C14H20N4O3. The van der Waals surface area contributed by atoms with Crippen molar-refractivity contribution in [1.82, 2.24) is 15.2 Å². The van der Waals surface area contributed by atoms with Crippen molar-refractivity contribution in [3.05, 3.63) is 34.2 Å². The summed E-state index contributed by atoms with van der Waals surface area (Å²) < 4.78 is 0. The summed E-state index contributed by atoms with van der Waals surface area (Å²) in [5.74, 6) is -0.603. The Kier molecular flexibility index (Phi) is 4.42. The number of hydrogen-bond donors (Lipinski definition) is 3. The predicted molar refractivity (Wildman–Crippen MR) is 77.8 cm³/mol. The molecule has 1 saturated heterocycles. The molecule has 0 spiro atoms. The number of pyridine rings is 1. The third-order valence-corrected chi connectivity index (χ3v) is 3.33. The maximum absolute atomic E-state index is 12.5. The van der Waals surface area contributed by atoms with Gasteiger partial charge in [0.1, 0.15) is 11.7 Å². The fourth-order valence-electron chi connectivity index (χ4n) is 2.45. The van der Waals surface area contributed by atoms with Gasteiger partial charge in [-0.25, -0.2) is 0 Å². The van der Waals surface area contributed by atoms with E-state index in [-0.39, 0.29) is 35.2 Å². The van der Waals surface area contributed by atoms with Crippen molar-refractivity contribution < 1.29 is 9.59 Å². The number of carbonyl (C=O) groups is 2. The number of nitrogens with two attached hydrogens (primary N) is 1. The lowest BCUT2D eigenvalue weighted by Gasteiger charge is -2.24. The number of carbonyl (C=O) groups excluding carboxylic acids is 2. The van der Waals surface area contributed by atoms with Gasteiger partial charge in [-0.1, -0.05) is 6.07 Å². The summed E-state index contributed by atoms with van der Waals surface area (Å²) in [4.78, 5) is 39.9. The molecule has 0 radical (unpaired) electrons. The van der Waals surface area contributed by atoms with Crippen molar-refractivity contribution in [1.29, 1.82) is 0 Å². The van der Waals surface area contributed by atoms with Crippen LogP contribution in [0.4, 0.5) is 0 Å². The molecule has 1 aromatic rings. The van der Waals surface area contributed by atoms with Crippen LogP contribution in [-0.2, 0) is 4.79 Å². The summed E-state index contributed by atoms with van der Waals surface area (Å²) in [5.41, 5.74) is 5.70. The highest BCUT2D eigenvalue weighted by Crippen LogP contribution is 2.19. The molecule has 0 aromatic carbocycles. The molecule has 1 aromatic heterocycles. The van der Waals surface area contributed by atoms with E-state index >= 15 is 0 Å². The Balaban J connectivity index is 2.21. The van der Waals surface area contributed by atoms with Crippen LogP contribution in [0, 0.1) is 0 Å². The molecule has 0 bridgehead atoms. The average Bonchev–Trinajstić information content (AvgIpc) is 2.79. The van der Waals surface area contributed by atoms with Crippen molar-refractivity contribution in [3.8, 4) is 0 Å². The van der Waals surface area contributed by atoms with Gasteiger partial charge in [-0.2, -0.15) is 0 Å². The van der Waals surface area contributed by atoms with E-state index in [0.29, 0.717) is 13.0 Å². The lowest BCUT2D eigenvalue weighted by Crippen LogP contribution is -2.48. The normalized spacial score (nSPS) is 21.6. The van der Waals surface area contributed by atoms with E-state index in [4.69, 9.17) is 5.73 Å². The standard InChI is InChI=1S/C14H20N4O3/c1-8(2)16-13(20)11-6-9(15)7-18(11)14(21)10-4-3-5-12(19)17-10/h3-5,8-9,11H,6-7,15H2,1-2H3,(H,16,20)(H,17,19)/t9-,11+/m1/s1. The van der Waals surface area contributed by atoms with Gasteiger partial charge in [0.15, 0.2) is 0 Å². The Morgan fingerprint density at radius 2 is 2.14 bits per heavy atom. The van der Waals surface area contributed by atoms with Gasteiger partial charge in [-0.15, -0.1) is 0 Å². The monoisotopic (exact) mass is 292 g/mol. The Bertz CT molecular complexity index is 596. The van der Waals surface area contributed by atoms with Gasteiger partial charge < -0.3 is 20.9 Å². The number of hydrogen-bond acceptors (Lipinski definition) is 4. The molecule has 21 heavy (non-hydrogen) atoms. The van der Waals surface area contributed by atoms with Crippen LogP contribution in [0.5, 0.6) is 0 Å². The molecule has 0 aliphatic carbocycles. The number of likely N-dealkylation sites (tertiary alicyclic amines) is 1. The molecule has 2 amide bonds. The molecule has 2 atom stereocenters. The van der Waals surface area contributed by atoms with Crippen LogP contribution in [0.3, 0.4) is 0 Å². The molecule has 2 rings (SSSR count). The highest BCUT2D eigenvalue weighted by molar-refractivity contribution is 5.96. The van der Waals surface area contributed by atoms with Crippen LogP contribution in [0.25, 0.3) is 0 Å². The van der Waals surface area contributed by atoms with E-state index in [1.165, 1.54) is 23.1 Å². The van der Waals surface area contributed by atoms with Crippen LogP contribution in [0.15, 0.2) is 23.0 Å². The summed E-state index contributed by atoms with van der Waals surface area (Å²) in [7, 11) is 0. The molecule has 114 valence electrons. The minimum atomic E-state index is -0.599. The summed E-state index contributed by atoms with van der Waals surface area (Å²) in [6.45, 7) is 4.01. The maximum Gasteiger partial charge on any atom is 0.271 e. The predicted octanol–water partition coefficient (Wildman–Crippen LogP) is -0.559. The molecule has 1 aliphatic rings. The van der Waals surface area contributed by atoms with E-state index < -0.39 is 6.04 Å². The van der Waals surface area contributed by atoms with Crippen molar-refractivity contribution in [2.45, 2.75) is 38.4 Å². The number of H-pyrrole nitrogens is 1. The summed E-state index contributed by atoms with van der Waals surface area (Å²) in [6.07, 6.45) is 0.418. The van der Waals surface area contributed by atoms with E-state index in [2.05, 4.69) is 10.3 Å². The molecule has 1 fully saturated rings. The Labute approximate surface area is 122 Å². The van der Waals surface area contributed by atoms with Gasteiger partial charge in [0.2, 0.25) is 11.5 Å². The largest absolute Gasteiger partial charge is 0.352 e. The molecule has 7 heteroatoms. The minimum absolute atomic E-state index is 0.0113. The first kappa shape index (κ1) is 15.2. The lowest BCUT2D eigenvalue weighted by atomic mass is 10.1. The Morgan fingerprint density at radius 1 is 1.43 bits per heavy atom. The number of nitrogens with one attached hydrogen (secondary N) is 2. The molecule has 0 unspecified atom stereocenters.